The van der Waals surface area contributed by atoms with E-state index in [9.17, 15) is 13.2 Å². The lowest BCUT2D eigenvalue weighted by Gasteiger charge is -2.06. The fourth-order valence-corrected chi connectivity index (χ4v) is 4.32. The Labute approximate surface area is 153 Å². The van der Waals surface area contributed by atoms with Crippen molar-refractivity contribution in [2.45, 2.75) is 11.5 Å². The number of carbonyl (C=O) groups excluding carboxylic acids is 1. The van der Waals surface area contributed by atoms with Gasteiger partial charge in [-0.3, -0.25) is 0 Å². The van der Waals surface area contributed by atoms with Gasteiger partial charge in [-0.25, -0.2) is 22.9 Å². The largest absolute Gasteiger partial charge is 0.456 e. The summed E-state index contributed by atoms with van der Waals surface area (Å²) in [5, 5.41) is 6.68. The number of esters is 1. The number of hydrogen-bond acceptors (Lipinski definition) is 7. The summed E-state index contributed by atoms with van der Waals surface area (Å²) in [5.41, 5.74) is 1.86. The van der Waals surface area contributed by atoms with E-state index in [2.05, 4.69) is 9.71 Å². The first-order chi connectivity index (χ1) is 12.0. The second kappa shape index (κ2) is 7.44. The highest BCUT2D eigenvalue weighted by atomic mass is 32.2. The Morgan fingerprint density at radius 1 is 1.28 bits per heavy atom. The number of sulfonamides is 1. The zero-order valence-corrected chi connectivity index (χ0v) is 15.6. The average Bonchev–Trinajstić information content (AvgIpc) is 3.31. The van der Waals surface area contributed by atoms with Gasteiger partial charge in [0.05, 0.1) is 16.2 Å². The van der Waals surface area contributed by atoms with Gasteiger partial charge in [0.25, 0.3) is 0 Å². The van der Waals surface area contributed by atoms with E-state index in [0.29, 0.717) is 5.69 Å². The molecule has 3 rings (SSSR count). The van der Waals surface area contributed by atoms with Gasteiger partial charge < -0.3 is 4.74 Å². The summed E-state index contributed by atoms with van der Waals surface area (Å²) in [6.45, 7) is 0.0302. The first kappa shape index (κ1) is 17.7. The summed E-state index contributed by atoms with van der Waals surface area (Å²) in [6, 6.07) is 7.68. The Morgan fingerprint density at radius 3 is 2.84 bits per heavy atom. The van der Waals surface area contributed by atoms with Crippen LogP contribution in [0.2, 0.25) is 0 Å². The van der Waals surface area contributed by atoms with E-state index in [0.717, 1.165) is 10.6 Å². The Balaban J connectivity index is 1.68. The molecule has 9 heteroatoms. The summed E-state index contributed by atoms with van der Waals surface area (Å²) < 4.78 is 31.0. The number of hydrogen-bond donors (Lipinski definition) is 1. The molecular formula is C16H14N2O4S3. The lowest BCUT2D eigenvalue weighted by atomic mass is 10.2. The number of thiophene rings is 1. The van der Waals surface area contributed by atoms with Crippen LogP contribution in [0.1, 0.15) is 16.1 Å². The molecule has 130 valence electrons. The molecule has 0 aliphatic heterocycles. The molecule has 0 aliphatic carbocycles. The van der Waals surface area contributed by atoms with Crippen molar-refractivity contribution in [2.24, 2.45) is 0 Å². The molecule has 0 fully saturated rings. The molecule has 6 nitrogen and oxygen atoms in total. The lowest BCUT2D eigenvalue weighted by molar-refractivity contribution is 0.0468. The van der Waals surface area contributed by atoms with E-state index < -0.39 is 16.0 Å². The van der Waals surface area contributed by atoms with Crippen molar-refractivity contribution >= 4 is 38.7 Å². The zero-order valence-electron chi connectivity index (χ0n) is 13.1. The van der Waals surface area contributed by atoms with Crippen LogP contribution < -0.4 is 4.72 Å². The minimum absolute atomic E-state index is 0.0119. The van der Waals surface area contributed by atoms with E-state index in [1.54, 1.807) is 11.3 Å². The second-order valence-electron chi connectivity index (χ2n) is 4.97. The Morgan fingerprint density at radius 2 is 2.12 bits per heavy atom. The van der Waals surface area contributed by atoms with Gasteiger partial charge in [0, 0.05) is 16.3 Å². The van der Waals surface area contributed by atoms with Crippen molar-refractivity contribution in [3.63, 3.8) is 0 Å². The smallest absolute Gasteiger partial charge is 0.338 e. The van der Waals surface area contributed by atoms with Gasteiger partial charge in [-0.2, -0.15) is 11.3 Å². The molecule has 1 N–H and O–H groups in total. The van der Waals surface area contributed by atoms with Crippen LogP contribution in [0.25, 0.3) is 10.6 Å². The van der Waals surface area contributed by atoms with Gasteiger partial charge in [-0.1, -0.05) is 6.07 Å². The third-order valence-electron chi connectivity index (χ3n) is 3.32. The molecule has 0 saturated heterocycles. The van der Waals surface area contributed by atoms with Crippen LogP contribution in [0.3, 0.4) is 0 Å². The SMILES string of the molecule is CNS(=O)(=O)c1cccc(C(=O)OCc2csc(-c3ccsc3)n2)c1. The minimum atomic E-state index is -3.61. The van der Waals surface area contributed by atoms with Crippen molar-refractivity contribution in [3.8, 4) is 10.6 Å². The van der Waals surface area contributed by atoms with Gasteiger partial charge in [-0.15, -0.1) is 11.3 Å². The first-order valence-corrected chi connectivity index (χ1v) is 10.5. The Hall–Kier alpha value is -2.07. The number of thiazole rings is 1. The zero-order chi connectivity index (χ0) is 17.9. The number of nitrogens with one attached hydrogen (secondary N) is 1. The fraction of sp³-hybridized carbons (Fsp3) is 0.125. The average molecular weight is 394 g/mol. The molecule has 25 heavy (non-hydrogen) atoms. The van der Waals surface area contributed by atoms with Crippen molar-refractivity contribution in [1.82, 2.24) is 9.71 Å². The van der Waals surface area contributed by atoms with Crippen molar-refractivity contribution in [2.75, 3.05) is 7.05 Å². The predicted molar refractivity (Wildman–Crippen MR) is 97.2 cm³/mol. The van der Waals surface area contributed by atoms with E-state index in [1.807, 2.05) is 22.2 Å². The molecular weight excluding hydrogens is 380 g/mol. The molecule has 2 aromatic heterocycles. The summed E-state index contributed by atoms with van der Waals surface area (Å²) in [7, 11) is -2.30. The second-order valence-corrected chi connectivity index (χ2v) is 8.49. The molecule has 0 bridgehead atoms. The molecule has 0 radical (unpaired) electrons. The molecule has 2 heterocycles. The summed E-state index contributed by atoms with van der Waals surface area (Å²) >= 11 is 3.07. The van der Waals surface area contributed by atoms with Gasteiger partial charge in [0.1, 0.15) is 11.6 Å². The fourth-order valence-electron chi connectivity index (χ4n) is 2.02. The maximum atomic E-state index is 12.2. The van der Waals surface area contributed by atoms with Crippen LogP contribution in [0.4, 0.5) is 0 Å². The standard InChI is InChI=1S/C16H14N2O4S3/c1-17-25(20,21)14-4-2-3-11(7-14)16(19)22-8-13-10-24-15(18-13)12-5-6-23-9-12/h2-7,9-10,17H,8H2,1H3. The number of carbonyl (C=O) groups is 1. The highest BCUT2D eigenvalue weighted by Gasteiger charge is 2.15. The van der Waals surface area contributed by atoms with Crippen molar-refractivity contribution in [1.29, 1.82) is 0 Å². The number of rotatable bonds is 6. The normalized spacial score (nSPS) is 11.4. The van der Waals surface area contributed by atoms with Crippen LogP contribution in [0.15, 0.2) is 51.4 Å². The number of benzene rings is 1. The Kier molecular flexibility index (Phi) is 5.28. The van der Waals surface area contributed by atoms with E-state index in [4.69, 9.17) is 4.74 Å². The van der Waals surface area contributed by atoms with Crippen LogP contribution >= 0.6 is 22.7 Å². The van der Waals surface area contributed by atoms with Crippen molar-refractivity contribution in [3.05, 3.63) is 57.7 Å². The third kappa shape index (κ3) is 4.13. The summed E-state index contributed by atoms with van der Waals surface area (Å²) in [4.78, 5) is 16.6. The quantitative estimate of drug-likeness (QED) is 0.649. The van der Waals surface area contributed by atoms with Gasteiger partial charge in [0.2, 0.25) is 10.0 Å². The maximum absolute atomic E-state index is 12.2. The molecule has 0 atom stereocenters. The predicted octanol–water partition coefficient (Wildman–Crippen LogP) is 3.14. The van der Waals surface area contributed by atoms with Gasteiger partial charge >= 0.3 is 5.97 Å². The molecule has 0 amide bonds. The highest BCUT2D eigenvalue weighted by molar-refractivity contribution is 7.89. The summed E-state index contributed by atoms with van der Waals surface area (Å²) in [6.07, 6.45) is 0. The molecule has 0 unspecified atom stereocenters. The van der Waals surface area contributed by atoms with Gasteiger partial charge in [-0.05, 0) is 36.7 Å². The monoisotopic (exact) mass is 394 g/mol. The van der Waals surface area contributed by atoms with E-state index in [1.165, 1.54) is 42.6 Å². The summed E-state index contributed by atoms with van der Waals surface area (Å²) in [5.74, 6) is -0.599. The molecule has 0 aliphatic rings. The number of aromatic nitrogens is 1. The molecule has 0 saturated carbocycles. The number of nitrogens with zero attached hydrogens (tertiary/aromatic N) is 1. The first-order valence-electron chi connectivity index (χ1n) is 7.17. The van der Waals surface area contributed by atoms with E-state index >= 15 is 0 Å². The molecule has 3 aromatic rings. The van der Waals surface area contributed by atoms with Crippen LogP contribution in [0.5, 0.6) is 0 Å². The van der Waals surface area contributed by atoms with Crippen LogP contribution in [-0.4, -0.2) is 26.4 Å². The van der Waals surface area contributed by atoms with Crippen LogP contribution in [-0.2, 0) is 21.4 Å². The molecule has 1 aromatic carbocycles. The van der Waals surface area contributed by atoms with E-state index in [-0.39, 0.29) is 17.1 Å². The topological polar surface area (TPSA) is 85.4 Å². The maximum Gasteiger partial charge on any atom is 0.338 e. The van der Waals surface area contributed by atoms with Gasteiger partial charge in [0.15, 0.2) is 0 Å². The number of ether oxygens (including phenoxy) is 1. The highest BCUT2D eigenvalue weighted by Crippen LogP contribution is 2.26. The lowest BCUT2D eigenvalue weighted by Crippen LogP contribution is -2.19. The minimum Gasteiger partial charge on any atom is -0.456 e. The third-order valence-corrected chi connectivity index (χ3v) is 6.36. The van der Waals surface area contributed by atoms with Crippen molar-refractivity contribution < 1.29 is 17.9 Å². The molecule has 0 spiro atoms. The van der Waals surface area contributed by atoms with Crippen LogP contribution in [0, 0.1) is 0 Å². The Bertz CT molecular complexity index is 978.